The van der Waals surface area contributed by atoms with Crippen molar-refractivity contribution >= 4 is 43.7 Å². The van der Waals surface area contributed by atoms with Crippen LogP contribution in [0, 0.1) is 0 Å². The Balaban J connectivity index is 2.35. The zero-order valence-corrected chi connectivity index (χ0v) is 16.6. The molecule has 2 aromatic carbocycles. The first-order valence-electron chi connectivity index (χ1n) is 7.53. The number of carbonyl (C=O) groups excluding carboxylic acids is 1. The van der Waals surface area contributed by atoms with Crippen molar-refractivity contribution < 1.29 is 19.4 Å². The van der Waals surface area contributed by atoms with Gasteiger partial charge in [0, 0.05) is 20.9 Å². The van der Waals surface area contributed by atoms with Crippen LogP contribution in [0.5, 0.6) is 5.75 Å². The van der Waals surface area contributed by atoms with Crippen molar-refractivity contribution in [2.45, 2.75) is 19.1 Å². The molecule has 1 unspecified atom stereocenters. The Bertz CT molecular complexity index is 752. The summed E-state index contributed by atoms with van der Waals surface area (Å²) < 4.78 is 6.48. The second kappa shape index (κ2) is 9.01. The zero-order valence-electron chi connectivity index (χ0n) is 13.4. The number of aliphatic carboxylic acids is 1. The quantitative estimate of drug-likeness (QED) is 0.595. The van der Waals surface area contributed by atoms with Crippen molar-refractivity contribution in [2.24, 2.45) is 0 Å². The minimum atomic E-state index is -1.23. The predicted octanol–water partition coefficient (Wildman–Crippen LogP) is 4.17. The number of halogens is 2. The van der Waals surface area contributed by atoms with Gasteiger partial charge in [0.15, 0.2) is 6.04 Å². The molecule has 0 saturated heterocycles. The number of alkyl halides is 1. The van der Waals surface area contributed by atoms with Crippen LogP contribution >= 0.6 is 31.9 Å². The van der Waals surface area contributed by atoms with E-state index >= 15 is 0 Å². The Morgan fingerprint density at radius 3 is 2.48 bits per heavy atom. The van der Waals surface area contributed by atoms with Gasteiger partial charge < -0.3 is 15.2 Å². The Labute approximate surface area is 162 Å². The van der Waals surface area contributed by atoms with Crippen LogP contribution in [0.2, 0.25) is 0 Å². The van der Waals surface area contributed by atoms with E-state index in [9.17, 15) is 14.7 Å². The van der Waals surface area contributed by atoms with Crippen LogP contribution in [0.4, 0.5) is 0 Å². The number of benzene rings is 2. The van der Waals surface area contributed by atoms with Crippen LogP contribution in [-0.2, 0) is 4.79 Å². The van der Waals surface area contributed by atoms with Gasteiger partial charge in [0.2, 0.25) is 0 Å². The van der Waals surface area contributed by atoms with E-state index in [4.69, 9.17) is 4.74 Å². The molecule has 5 nitrogen and oxygen atoms in total. The second-order valence-corrected chi connectivity index (χ2v) is 6.94. The first kappa shape index (κ1) is 19.5. The van der Waals surface area contributed by atoms with Crippen LogP contribution in [0.1, 0.15) is 28.9 Å². The highest BCUT2D eigenvalue weighted by molar-refractivity contribution is 9.10. The molecule has 132 valence electrons. The van der Waals surface area contributed by atoms with Gasteiger partial charge in [-0.1, -0.05) is 50.1 Å². The van der Waals surface area contributed by atoms with Crippen LogP contribution in [0.15, 0.2) is 53.0 Å². The van der Waals surface area contributed by atoms with E-state index in [0.717, 1.165) is 0 Å². The maximum atomic E-state index is 12.4. The third-order valence-electron chi connectivity index (χ3n) is 3.39. The monoisotopic (exact) mass is 469 g/mol. The first-order valence-corrected chi connectivity index (χ1v) is 9.44. The van der Waals surface area contributed by atoms with Crippen LogP contribution in [0.25, 0.3) is 0 Å². The fourth-order valence-corrected chi connectivity index (χ4v) is 2.69. The highest BCUT2D eigenvalue weighted by Gasteiger charge is 2.27. The molecule has 0 bridgehead atoms. The summed E-state index contributed by atoms with van der Waals surface area (Å²) in [6.45, 7) is 1.86. The third-order valence-corrected chi connectivity index (χ3v) is 4.79. The maximum Gasteiger partial charge on any atom is 0.331 e. The molecule has 0 radical (unpaired) electrons. The minimum Gasteiger partial charge on any atom is -0.489 e. The second-order valence-electron chi connectivity index (χ2n) is 5.38. The highest BCUT2D eigenvalue weighted by Crippen LogP contribution is 2.30. The molecule has 0 heterocycles. The number of amides is 1. The van der Waals surface area contributed by atoms with Crippen LogP contribution in [0.3, 0.4) is 0 Å². The normalized spacial score (nSPS) is 12.9. The Morgan fingerprint density at radius 1 is 1.20 bits per heavy atom. The third kappa shape index (κ3) is 5.31. The average molecular weight is 471 g/mol. The Kier molecular flexibility index (Phi) is 7.01. The maximum absolute atomic E-state index is 12.4. The average Bonchev–Trinajstić information content (AvgIpc) is 2.61. The van der Waals surface area contributed by atoms with Gasteiger partial charge in [0.05, 0.1) is 0 Å². The molecule has 2 N–H and O–H groups in total. The van der Waals surface area contributed by atoms with Crippen molar-refractivity contribution in [2.75, 3.05) is 5.33 Å². The lowest BCUT2D eigenvalue weighted by molar-refractivity contribution is -0.139. The van der Waals surface area contributed by atoms with Crippen molar-refractivity contribution in [3.05, 3.63) is 64.1 Å². The summed E-state index contributed by atoms with van der Waals surface area (Å²) in [5, 5.41) is 12.8. The number of carbonyl (C=O) groups is 2. The summed E-state index contributed by atoms with van der Waals surface area (Å²) in [5.41, 5.74) is 0.763. The molecule has 0 fully saturated rings. The largest absolute Gasteiger partial charge is 0.489 e. The van der Waals surface area contributed by atoms with Crippen molar-refractivity contribution in [1.82, 2.24) is 5.32 Å². The summed E-state index contributed by atoms with van der Waals surface area (Å²) >= 11 is 6.67. The standard InChI is InChI=1S/C18H17Br2NO4/c1-11(10-19)25-15-8-7-13(20)9-14(15)16(18(23)24)21-17(22)12-5-3-2-4-6-12/h2-9,11,16H,10H2,1H3,(H,21,22)(H,23,24)/t11-,16?/m1/s1. The van der Waals surface area contributed by atoms with E-state index in [1.54, 1.807) is 48.5 Å². The molecular weight excluding hydrogens is 454 g/mol. The van der Waals surface area contributed by atoms with Gasteiger partial charge in [-0.05, 0) is 37.3 Å². The number of carboxylic acid groups (broad SMARTS) is 1. The molecule has 0 aromatic heterocycles. The number of hydrogen-bond acceptors (Lipinski definition) is 3. The summed E-state index contributed by atoms with van der Waals surface area (Å²) in [4.78, 5) is 24.2. The lowest BCUT2D eigenvalue weighted by Crippen LogP contribution is -2.34. The summed E-state index contributed by atoms with van der Waals surface area (Å²) in [7, 11) is 0. The van der Waals surface area contributed by atoms with Gasteiger partial charge in [-0.2, -0.15) is 0 Å². The van der Waals surface area contributed by atoms with Crippen molar-refractivity contribution in [3.63, 3.8) is 0 Å². The minimum absolute atomic E-state index is 0.154. The summed E-state index contributed by atoms with van der Waals surface area (Å²) in [5.74, 6) is -1.22. The zero-order chi connectivity index (χ0) is 18.4. The van der Waals surface area contributed by atoms with E-state index in [0.29, 0.717) is 26.7 Å². The van der Waals surface area contributed by atoms with Crippen molar-refractivity contribution in [1.29, 1.82) is 0 Å². The number of hydrogen-bond donors (Lipinski definition) is 2. The van der Waals surface area contributed by atoms with Gasteiger partial charge in [0.1, 0.15) is 11.9 Å². The van der Waals surface area contributed by atoms with E-state index in [1.165, 1.54) is 0 Å². The topological polar surface area (TPSA) is 75.6 Å². The van der Waals surface area contributed by atoms with E-state index in [-0.39, 0.29) is 6.10 Å². The molecule has 2 aromatic rings. The Hall–Kier alpha value is -1.86. The molecule has 0 aliphatic rings. The number of nitrogens with one attached hydrogen (secondary N) is 1. The highest BCUT2D eigenvalue weighted by atomic mass is 79.9. The smallest absolute Gasteiger partial charge is 0.331 e. The van der Waals surface area contributed by atoms with E-state index in [1.807, 2.05) is 6.92 Å². The van der Waals surface area contributed by atoms with Gasteiger partial charge >= 0.3 is 5.97 Å². The number of carboxylic acids is 1. The molecule has 0 saturated carbocycles. The molecule has 0 aliphatic heterocycles. The predicted molar refractivity (Wildman–Crippen MR) is 102 cm³/mol. The number of ether oxygens (including phenoxy) is 1. The molecule has 7 heteroatoms. The molecule has 0 aliphatic carbocycles. The van der Waals surface area contributed by atoms with Gasteiger partial charge in [-0.25, -0.2) is 4.79 Å². The van der Waals surface area contributed by atoms with Crippen LogP contribution in [-0.4, -0.2) is 28.4 Å². The van der Waals surface area contributed by atoms with Gasteiger partial charge in [-0.15, -0.1) is 0 Å². The van der Waals surface area contributed by atoms with Crippen LogP contribution < -0.4 is 10.1 Å². The van der Waals surface area contributed by atoms with Crippen molar-refractivity contribution in [3.8, 4) is 5.75 Å². The molecule has 1 amide bonds. The fourth-order valence-electron chi connectivity index (χ4n) is 2.18. The molecule has 0 spiro atoms. The van der Waals surface area contributed by atoms with Gasteiger partial charge in [0.25, 0.3) is 5.91 Å². The van der Waals surface area contributed by atoms with E-state index < -0.39 is 17.9 Å². The Morgan fingerprint density at radius 2 is 1.88 bits per heavy atom. The fraction of sp³-hybridized carbons (Fsp3) is 0.222. The van der Waals surface area contributed by atoms with Gasteiger partial charge in [-0.3, -0.25) is 4.79 Å². The molecule has 2 atom stereocenters. The molecular formula is C18H17Br2NO4. The van der Waals surface area contributed by atoms with E-state index in [2.05, 4.69) is 37.2 Å². The summed E-state index contributed by atoms with van der Waals surface area (Å²) in [6, 6.07) is 12.3. The first-order chi connectivity index (χ1) is 11.9. The lowest BCUT2D eigenvalue weighted by Gasteiger charge is -2.21. The summed E-state index contributed by atoms with van der Waals surface area (Å²) in [6.07, 6.45) is -0.154. The number of rotatable bonds is 7. The molecule has 25 heavy (non-hydrogen) atoms. The lowest BCUT2D eigenvalue weighted by atomic mass is 10.0. The SMILES string of the molecule is C[C@H](CBr)Oc1ccc(Br)cc1C(NC(=O)c1ccccc1)C(=O)O. The molecule has 2 rings (SSSR count).